The van der Waals surface area contributed by atoms with Crippen LogP contribution in [0.4, 0.5) is 11.5 Å². The maximum absolute atomic E-state index is 6.43. The number of hydrogen-bond acceptors (Lipinski definition) is 6. The maximum atomic E-state index is 6.43. The van der Waals surface area contributed by atoms with Crippen molar-refractivity contribution in [1.82, 2.24) is 9.97 Å². The van der Waals surface area contributed by atoms with E-state index in [1.54, 1.807) is 0 Å². The molecule has 1 aliphatic rings. The van der Waals surface area contributed by atoms with Crippen LogP contribution in [0.15, 0.2) is 35.6 Å². The molecule has 2 aromatic rings. The zero-order chi connectivity index (χ0) is 12.8. The fraction of sp³-hybridized carbons (Fsp3) is 0.167. The molecule has 0 spiro atoms. The number of aromatic nitrogens is 2. The molecule has 0 saturated carbocycles. The molecular weight excluding hydrogens is 246 g/mol. The second-order valence-electron chi connectivity index (χ2n) is 4.22. The number of aryl methyl sites for hydroxylation is 1. The van der Waals surface area contributed by atoms with E-state index in [2.05, 4.69) is 15.3 Å². The molecule has 2 heterocycles. The molecule has 6 heteroatoms. The average Bonchev–Trinajstić information content (AvgIpc) is 2.69. The van der Waals surface area contributed by atoms with Gasteiger partial charge in [-0.3, -0.25) is 5.73 Å². The van der Waals surface area contributed by atoms with Crippen molar-refractivity contribution in [2.24, 2.45) is 5.73 Å². The Hall–Kier alpha value is -1.79. The Morgan fingerprint density at radius 3 is 2.78 bits per heavy atom. The summed E-state index contributed by atoms with van der Waals surface area (Å²) in [6.45, 7) is 2.03. The van der Waals surface area contributed by atoms with E-state index < -0.39 is 4.99 Å². The van der Waals surface area contributed by atoms with Gasteiger partial charge in [0.15, 0.2) is 10.8 Å². The third-order valence-corrected chi connectivity index (χ3v) is 4.10. The first-order valence-electron chi connectivity index (χ1n) is 5.53. The van der Waals surface area contributed by atoms with Crippen molar-refractivity contribution < 1.29 is 0 Å². The molecule has 1 atom stereocenters. The third kappa shape index (κ3) is 1.61. The highest BCUT2D eigenvalue weighted by Crippen LogP contribution is 2.48. The van der Waals surface area contributed by atoms with Crippen LogP contribution < -0.4 is 16.8 Å². The quantitative estimate of drug-likeness (QED) is 0.675. The van der Waals surface area contributed by atoms with Crippen molar-refractivity contribution in [3.63, 3.8) is 0 Å². The lowest BCUT2D eigenvalue weighted by molar-refractivity contribution is 0.762. The zero-order valence-electron chi connectivity index (χ0n) is 9.84. The van der Waals surface area contributed by atoms with Gasteiger partial charge < -0.3 is 11.1 Å². The van der Waals surface area contributed by atoms with Crippen molar-refractivity contribution in [3.8, 4) is 0 Å². The van der Waals surface area contributed by atoms with E-state index in [-0.39, 0.29) is 0 Å². The van der Waals surface area contributed by atoms with Crippen LogP contribution in [0.2, 0.25) is 0 Å². The van der Waals surface area contributed by atoms with E-state index in [1.807, 2.05) is 31.2 Å². The summed E-state index contributed by atoms with van der Waals surface area (Å²) in [5.74, 6) is 0.424. The molecule has 0 fully saturated rings. The fourth-order valence-corrected chi connectivity index (χ4v) is 3.21. The molecule has 18 heavy (non-hydrogen) atoms. The number of rotatable bonds is 1. The lowest BCUT2D eigenvalue weighted by Crippen LogP contribution is -2.39. The van der Waals surface area contributed by atoms with Gasteiger partial charge in [0.25, 0.3) is 0 Å². The van der Waals surface area contributed by atoms with Crippen LogP contribution in [0.1, 0.15) is 11.1 Å². The van der Waals surface area contributed by atoms with Gasteiger partial charge in [-0.2, -0.15) is 0 Å². The Bertz CT molecular complexity index is 615. The van der Waals surface area contributed by atoms with Gasteiger partial charge in [-0.1, -0.05) is 36.0 Å². The molecule has 0 bridgehead atoms. The Balaban J connectivity index is 2.07. The zero-order valence-corrected chi connectivity index (χ0v) is 10.7. The summed E-state index contributed by atoms with van der Waals surface area (Å²) >= 11 is 1.46. The molecule has 1 aromatic heterocycles. The van der Waals surface area contributed by atoms with Gasteiger partial charge in [0.05, 0.1) is 0 Å². The smallest absolute Gasteiger partial charge is 0.167 e. The Morgan fingerprint density at radius 1 is 1.28 bits per heavy atom. The van der Waals surface area contributed by atoms with Gasteiger partial charge in [0.2, 0.25) is 0 Å². The minimum absolute atomic E-state index is 0.424. The van der Waals surface area contributed by atoms with Gasteiger partial charge >= 0.3 is 0 Å². The number of nitrogen functional groups attached to an aromatic ring is 1. The predicted octanol–water partition coefficient (Wildman–Crippen LogP) is 1.65. The Morgan fingerprint density at radius 2 is 2.06 bits per heavy atom. The highest BCUT2D eigenvalue weighted by atomic mass is 32.2. The van der Waals surface area contributed by atoms with E-state index >= 15 is 0 Å². The lowest BCUT2D eigenvalue weighted by atomic mass is 10.1. The molecule has 1 aliphatic heterocycles. The van der Waals surface area contributed by atoms with Crippen molar-refractivity contribution in [1.29, 1.82) is 0 Å². The molecular formula is C12H13N5S. The summed E-state index contributed by atoms with van der Waals surface area (Å²) in [5, 5.41) is 4.01. The summed E-state index contributed by atoms with van der Waals surface area (Å²) in [6, 6.07) is 8.00. The number of anilines is 2. The van der Waals surface area contributed by atoms with Crippen molar-refractivity contribution >= 4 is 23.3 Å². The average molecular weight is 259 g/mol. The second kappa shape index (κ2) is 3.86. The number of nitrogens with zero attached hydrogens (tertiary/aromatic N) is 2. The second-order valence-corrected chi connectivity index (χ2v) is 5.45. The highest BCUT2D eigenvalue weighted by Gasteiger charge is 2.39. The standard InChI is InChI=1S/C12H13N5S/c1-7-4-2-3-5-8(7)12(14)17-9-10(13)15-6-16-11(9)18-12/h2-6,17H,14H2,1H3,(H2,13,15,16). The van der Waals surface area contributed by atoms with E-state index in [0.717, 1.165) is 16.2 Å². The third-order valence-electron chi connectivity index (χ3n) is 2.96. The Labute approximate surface area is 109 Å². The first-order valence-corrected chi connectivity index (χ1v) is 6.34. The van der Waals surface area contributed by atoms with Gasteiger partial charge in [-0.05, 0) is 12.5 Å². The summed E-state index contributed by atoms with van der Waals surface area (Å²) in [7, 11) is 0. The highest BCUT2D eigenvalue weighted by molar-refractivity contribution is 8.00. The topological polar surface area (TPSA) is 89.8 Å². The molecule has 0 aliphatic carbocycles. The maximum Gasteiger partial charge on any atom is 0.167 e. The molecule has 5 nitrogen and oxygen atoms in total. The van der Waals surface area contributed by atoms with Crippen LogP contribution in [0.25, 0.3) is 0 Å². The van der Waals surface area contributed by atoms with Gasteiger partial charge in [-0.25, -0.2) is 9.97 Å². The molecule has 0 amide bonds. The molecule has 0 saturated heterocycles. The van der Waals surface area contributed by atoms with Gasteiger partial charge in [-0.15, -0.1) is 0 Å². The van der Waals surface area contributed by atoms with Crippen molar-refractivity contribution in [2.45, 2.75) is 16.9 Å². The molecule has 1 unspecified atom stereocenters. The molecule has 92 valence electrons. The van der Waals surface area contributed by atoms with Crippen LogP contribution in [0.3, 0.4) is 0 Å². The number of fused-ring (bicyclic) bond motifs is 1. The number of thioether (sulfide) groups is 1. The normalized spacial score (nSPS) is 21.4. The molecule has 1 aromatic carbocycles. The summed E-state index contributed by atoms with van der Waals surface area (Å²) in [5.41, 5.74) is 15.1. The van der Waals surface area contributed by atoms with Crippen LogP contribution in [-0.2, 0) is 4.99 Å². The van der Waals surface area contributed by atoms with Crippen LogP contribution in [0.5, 0.6) is 0 Å². The summed E-state index contributed by atoms with van der Waals surface area (Å²) < 4.78 is 0. The van der Waals surface area contributed by atoms with Crippen LogP contribution in [-0.4, -0.2) is 9.97 Å². The first kappa shape index (κ1) is 11.3. The van der Waals surface area contributed by atoms with E-state index in [0.29, 0.717) is 11.5 Å². The van der Waals surface area contributed by atoms with Crippen LogP contribution >= 0.6 is 11.8 Å². The van der Waals surface area contributed by atoms with Gasteiger partial charge in [0.1, 0.15) is 17.0 Å². The minimum atomic E-state index is -0.738. The monoisotopic (exact) mass is 259 g/mol. The largest absolute Gasteiger partial charge is 0.382 e. The van der Waals surface area contributed by atoms with Crippen molar-refractivity contribution in [3.05, 3.63) is 41.7 Å². The van der Waals surface area contributed by atoms with Crippen LogP contribution in [0, 0.1) is 6.92 Å². The molecule has 5 N–H and O–H groups in total. The van der Waals surface area contributed by atoms with E-state index in [9.17, 15) is 0 Å². The first-order chi connectivity index (χ1) is 8.60. The number of hydrogen-bond donors (Lipinski definition) is 3. The molecule has 0 radical (unpaired) electrons. The summed E-state index contributed by atoms with van der Waals surface area (Å²) in [6.07, 6.45) is 1.45. The number of benzene rings is 1. The van der Waals surface area contributed by atoms with Crippen molar-refractivity contribution in [2.75, 3.05) is 11.1 Å². The number of nitrogens with two attached hydrogens (primary N) is 2. The minimum Gasteiger partial charge on any atom is -0.382 e. The van der Waals surface area contributed by atoms with E-state index in [4.69, 9.17) is 11.5 Å². The lowest BCUT2D eigenvalue weighted by Gasteiger charge is -2.25. The summed E-state index contributed by atoms with van der Waals surface area (Å²) in [4.78, 5) is 7.43. The molecule has 3 rings (SSSR count). The Kier molecular flexibility index (Phi) is 2.42. The number of nitrogens with one attached hydrogen (secondary N) is 1. The van der Waals surface area contributed by atoms with E-state index in [1.165, 1.54) is 18.1 Å². The van der Waals surface area contributed by atoms with Gasteiger partial charge in [0, 0.05) is 5.56 Å². The predicted molar refractivity (Wildman–Crippen MR) is 73.0 cm³/mol. The SMILES string of the molecule is Cc1ccccc1C1(N)Nc2c(N)ncnc2S1. The fourth-order valence-electron chi connectivity index (χ4n) is 2.05.